The molecule has 38 heavy (non-hydrogen) atoms. The first-order valence-electron chi connectivity index (χ1n) is 12.2. The zero-order valence-corrected chi connectivity index (χ0v) is 21.6. The monoisotopic (exact) mass is 531 g/mol. The summed E-state index contributed by atoms with van der Waals surface area (Å²) in [5, 5.41) is 11.9. The molecule has 1 N–H and O–H groups in total. The molecule has 0 radical (unpaired) electrons. The van der Waals surface area contributed by atoms with E-state index in [-0.39, 0.29) is 23.8 Å². The Bertz CT molecular complexity index is 1470. The summed E-state index contributed by atoms with van der Waals surface area (Å²) in [5.41, 5.74) is 3.01. The molecule has 0 unspecified atom stereocenters. The highest BCUT2D eigenvalue weighted by molar-refractivity contribution is 7.99. The van der Waals surface area contributed by atoms with Crippen molar-refractivity contribution in [1.29, 1.82) is 0 Å². The Morgan fingerprint density at radius 3 is 2.63 bits per heavy atom. The SMILES string of the molecule is COc1ccccc1-n1c(CNC(=O)c2cccc(F)c2)nnc1SCC(=O)N1CCCc2ccccc21. The number of nitrogens with one attached hydrogen (secondary N) is 1. The van der Waals surface area contributed by atoms with Crippen LogP contribution in [0.5, 0.6) is 5.75 Å². The van der Waals surface area contributed by atoms with Gasteiger partial charge < -0.3 is 15.0 Å². The molecule has 1 aliphatic rings. The van der Waals surface area contributed by atoms with Gasteiger partial charge in [0.05, 0.1) is 25.1 Å². The molecular weight excluding hydrogens is 505 g/mol. The van der Waals surface area contributed by atoms with Crippen LogP contribution in [0.1, 0.15) is 28.2 Å². The van der Waals surface area contributed by atoms with Crippen LogP contribution in [0.4, 0.5) is 10.1 Å². The Morgan fingerprint density at radius 2 is 1.82 bits per heavy atom. The number of anilines is 1. The minimum Gasteiger partial charge on any atom is -0.495 e. The van der Waals surface area contributed by atoms with Crippen LogP contribution in [0.15, 0.2) is 78.0 Å². The van der Waals surface area contributed by atoms with Gasteiger partial charge in [-0.05, 0) is 54.8 Å². The van der Waals surface area contributed by atoms with E-state index < -0.39 is 11.7 Å². The fourth-order valence-electron chi connectivity index (χ4n) is 4.45. The predicted molar refractivity (Wildman–Crippen MR) is 143 cm³/mol. The maximum Gasteiger partial charge on any atom is 0.251 e. The number of nitrogens with zero attached hydrogens (tertiary/aromatic N) is 4. The summed E-state index contributed by atoms with van der Waals surface area (Å²) in [6.07, 6.45) is 1.87. The third-order valence-electron chi connectivity index (χ3n) is 6.26. The molecule has 0 aliphatic carbocycles. The molecule has 4 aromatic rings. The minimum atomic E-state index is -0.491. The molecule has 2 amide bonds. The van der Waals surface area contributed by atoms with Crippen LogP contribution in [-0.2, 0) is 17.8 Å². The number of hydrogen-bond acceptors (Lipinski definition) is 6. The van der Waals surface area contributed by atoms with Crippen molar-refractivity contribution >= 4 is 29.3 Å². The third kappa shape index (κ3) is 5.40. The van der Waals surface area contributed by atoms with Crippen LogP contribution in [0.25, 0.3) is 5.69 Å². The standard InChI is InChI=1S/C28H26FN5O3S/c1-37-24-14-5-4-13-23(24)34-25(17-30-27(36)20-9-6-11-21(29)16-20)31-32-28(34)38-18-26(35)33-15-7-10-19-8-2-3-12-22(19)33/h2-6,8-9,11-14,16H,7,10,15,17-18H2,1H3,(H,30,36). The van der Waals surface area contributed by atoms with Crippen LogP contribution in [0, 0.1) is 5.82 Å². The molecule has 10 heteroatoms. The maximum absolute atomic E-state index is 13.6. The Labute approximate surface area is 223 Å². The number of rotatable bonds is 8. The lowest BCUT2D eigenvalue weighted by molar-refractivity contribution is -0.116. The molecule has 8 nitrogen and oxygen atoms in total. The second-order valence-corrected chi connectivity index (χ2v) is 9.61. The van der Waals surface area contributed by atoms with E-state index in [0.717, 1.165) is 18.5 Å². The molecule has 0 atom stereocenters. The number of para-hydroxylation sites is 3. The van der Waals surface area contributed by atoms with E-state index in [4.69, 9.17) is 4.74 Å². The Hall–Kier alpha value is -4.18. The number of thioether (sulfide) groups is 1. The fourth-order valence-corrected chi connectivity index (χ4v) is 5.29. The predicted octanol–water partition coefficient (Wildman–Crippen LogP) is 4.42. The highest BCUT2D eigenvalue weighted by atomic mass is 32.2. The molecule has 2 heterocycles. The van der Waals surface area contributed by atoms with E-state index in [2.05, 4.69) is 21.6 Å². The molecule has 0 fully saturated rings. The van der Waals surface area contributed by atoms with Gasteiger partial charge in [-0.3, -0.25) is 14.2 Å². The molecule has 1 aliphatic heterocycles. The van der Waals surface area contributed by atoms with Crippen LogP contribution < -0.4 is 15.0 Å². The van der Waals surface area contributed by atoms with E-state index >= 15 is 0 Å². The summed E-state index contributed by atoms with van der Waals surface area (Å²) in [6, 6.07) is 20.8. The topological polar surface area (TPSA) is 89.3 Å². The normalized spacial score (nSPS) is 12.6. The van der Waals surface area contributed by atoms with Crippen molar-refractivity contribution in [2.24, 2.45) is 0 Å². The van der Waals surface area contributed by atoms with Gasteiger partial charge in [-0.1, -0.05) is 48.2 Å². The first-order valence-corrected chi connectivity index (χ1v) is 13.2. The maximum atomic E-state index is 13.6. The Morgan fingerprint density at radius 1 is 1.03 bits per heavy atom. The second kappa shape index (κ2) is 11.5. The summed E-state index contributed by atoms with van der Waals surface area (Å²) in [4.78, 5) is 27.7. The average Bonchev–Trinajstić information content (AvgIpc) is 3.36. The number of amides is 2. The van der Waals surface area contributed by atoms with Crippen molar-refractivity contribution in [2.45, 2.75) is 24.5 Å². The summed E-state index contributed by atoms with van der Waals surface area (Å²) < 4.78 is 20.9. The van der Waals surface area contributed by atoms with Crippen molar-refractivity contribution in [3.8, 4) is 11.4 Å². The van der Waals surface area contributed by atoms with Gasteiger partial charge in [0.25, 0.3) is 5.91 Å². The van der Waals surface area contributed by atoms with Crippen LogP contribution in [0.2, 0.25) is 0 Å². The van der Waals surface area contributed by atoms with Gasteiger partial charge in [0.1, 0.15) is 11.6 Å². The molecule has 0 saturated heterocycles. The molecule has 3 aromatic carbocycles. The molecule has 0 bridgehead atoms. The smallest absolute Gasteiger partial charge is 0.251 e. The Balaban J connectivity index is 1.38. The van der Waals surface area contributed by atoms with Crippen LogP contribution in [0.3, 0.4) is 0 Å². The van der Waals surface area contributed by atoms with Crippen molar-refractivity contribution in [3.63, 3.8) is 0 Å². The number of benzene rings is 3. The number of methoxy groups -OCH3 is 1. The lowest BCUT2D eigenvalue weighted by Gasteiger charge is -2.29. The lowest BCUT2D eigenvalue weighted by atomic mass is 10.0. The highest BCUT2D eigenvalue weighted by Crippen LogP contribution is 2.31. The average molecular weight is 532 g/mol. The highest BCUT2D eigenvalue weighted by Gasteiger charge is 2.24. The second-order valence-electron chi connectivity index (χ2n) is 8.67. The molecule has 0 saturated carbocycles. The summed E-state index contributed by atoms with van der Waals surface area (Å²) in [5.74, 6) is 0.247. The number of ether oxygens (including phenoxy) is 1. The largest absolute Gasteiger partial charge is 0.495 e. The first kappa shape index (κ1) is 25.5. The third-order valence-corrected chi connectivity index (χ3v) is 7.17. The molecule has 0 spiro atoms. The summed E-state index contributed by atoms with van der Waals surface area (Å²) in [7, 11) is 1.57. The van der Waals surface area contributed by atoms with E-state index in [1.165, 1.54) is 41.6 Å². The van der Waals surface area contributed by atoms with E-state index in [9.17, 15) is 14.0 Å². The summed E-state index contributed by atoms with van der Waals surface area (Å²) in [6.45, 7) is 0.710. The van der Waals surface area contributed by atoms with Gasteiger partial charge in [-0.2, -0.15) is 0 Å². The number of fused-ring (bicyclic) bond motifs is 1. The van der Waals surface area contributed by atoms with Crippen molar-refractivity contribution in [2.75, 3.05) is 24.3 Å². The fraction of sp³-hybridized carbons (Fsp3) is 0.214. The van der Waals surface area contributed by atoms with Crippen molar-refractivity contribution < 1.29 is 18.7 Å². The molecule has 194 valence electrons. The minimum absolute atomic E-state index is 0.0160. The van der Waals surface area contributed by atoms with Gasteiger partial charge in [0.15, 0.2) is 11.0 Å². The molecule has 1 aromatic heterocycles. The number of halogens is 1. The van der Waals surface area contributed by atoms with Gasteiger partial charge in [-0.25, -0.2) is 4.39 Å². The lowest BCUT2D eigenvalue weighted by Crippen LogP contribution is -2.36. The first-order chi connectivity index (χ1) is 18.5. The summed E-state index contributed by atoms with van der Waals surface area (Å²) >= 11 is 1.27. The molecular formula is C28H26FN5O3S. The zero-order chi connectivity index (χ0) is 26.5. The van der Waals surface area contributed by atoms with Crippen LogP contribution >= 0.6 is 11.8 Å². The van der Waals surface area contributed by atoms with Crippen molar-refractivity contribution in [3.05, 3.63) is 95.6 Å². The van der Waals surface area contributed by atoms with Gasteiger partial charge in [0, 0.05) is 17.8 Å². The van der Waals surface area contributed by atoms with E-state index in [0.29, 0.717) is 29.0 Å². The number of aromatic nitrogens is 3. The van der Waals surface area contributed by atoms with Gasteiger partial charge in [-0.15, -0.1) is 10.2 Å². The van der Waals surface area contributed by atoms with Gasteiger partial charge >= 0.3 is 0 Å². The Kier molecular flexibility index (Phi) is 7.69. The number of carbonyl (C=O) groups excluding carboxylic acids is 2. The number of carbonyl (C=O) groups is 2. The quantitative estimate of drug-likeness (QED) is 0.339. The van der Waals surface area contributed by atoms with Crippen molar-refractivity contribution in [1.82, 2.24) is 20.1 Å². The van der Waals surface area contributed by atoms with Gasteiger partial charge in [0.2, 0.25) is 5.91 Å². The zero-order valence-electron chi connectivity index (χ0n) is 20.8. The van der Waals surface area contributed by atoms with E-state index in [1.807, 2.05) is 47.4 Å². The molecule has 5 rings (SSSR count). The van der Waals surface area contributed by atoms with E-state index in [1.54, 1.807) is 11.7 Å². The number of aryl methyl sites for hydroxylation is 1. The van der Waals surface area contributed by atoms with Crippen LogP contribution in [-0.4, -0.2) is 46.0 Å². The number of hydrogen-bond donors (Lipinski definition) is 1.